The van der Waals surface area contributed by atoms with Crippen LogP contribution in [0.3, 0.4) is 0 Å². The van der Waals surface area contributed by atoms with Crippen molar-refractivity contribution in [3.8, 4) is 0 Å². The third kappa shape index (κ3) is 4.24. The van der Waals surface area contributed by atoms with Gasteiger partial charge in [-0.15, -0.1) is 0 Å². The first-order valence-electron chi connectivity index (χ1n) is 8.97. The summed E-state index contributed by atoms with van der Waals surface area (Å²) in [5, 5.41) is 2.88. The first kappa shape index (κ1) is 21.2. The zero-order valence-corrected chi connectivity index (χ0v) is 17.4. The molecule has 0 atom stereocenters. The van der Waals surface area contributed by atoms with Gasteiger partial charge in [0.1, 0.15) is 5.69 Å². The fourth-order valence-corrected chi connectivity index (χ4v) is 3.41. The maximum atomic E-state index is 12.8. The summed E-state index contributed by atoms with van der Waals surface area (Å²) in [6.45, 7) is 9.13. The predicted octanol–water partition coefficient (Wildman–Crippen LogP) is 3.05. The minimum absolute atomic E-state index is 0.114. The number of H-pyrrole nitrogens is 1. The molecule has 1 aromatic carbocycles. The van der Waals surface area contributed by atoms with E-state index in [-0.39, 0.29) is 24.1 Å². The lowest BCUT2D eigenvalue weighted by molar-refractivity contribution is -0.116. The molecule has 0 aliphatic heterocycles. The topological polar surface area (TPSA) is 91.5 Å². The van der Waals surface area contributed by atoms with E-state index >= 15 is 0 Å². The smallest absolute Gasteiger partial charge is 0.339 e. The van der Waals surface area contributed by atoms with Crippen LogP contribution in [0.25, 0.3) is 0 Å². The van der Waals surface area contributed by atoms with Gasteiger partial charge in [-0.1, -0.05) is 17.7 Å². The Bertz CT molecular complexity index is 920. The molecule has 0 unspecified atom stereocenters. The van der Waals surface area contributed by atoms with Crippen molar-refractivity contribution < 1.29 is 19.1 Å². The maximum absolute atomic E-state index is 12.8. The average Bonchev–Trinajstić information content (AvgIpc) is 2.91. The van der Waals surface area contributed by atoms with Gasteiger partial charge in [0.2, 0.25) is 5.91 Å². The highest BCUT2D eigenvalue weighted by molar-refractivity contribution is 6.02. The van der Waals surface area contributed by atoms with Crippen molar-refractivity contribution in [2.45, 2.75) is 34.6 Å². The molecule has 1 aromatic heterocycles. The van der Waals surface area contributed by atoms with Crippen LogP contribution in [0.2, 0.25) is 0 Å². The molecule has 0 fully saturated rings. The monoisotopic (exact) mass is 385 g/mol. The second-order valence-electron chi connectivity index (χ2n) is 7.10. The summed E-state index contributed by atoms with van der Waals surface area (Å²) in [5.74, 6) is -1.17. The van der Waals surface area contributed by atoms with Gasteiger partial charge < -0.3 is 19.9 Å². The van der Waals surface area contributed by atoms with Crippen LogP contribution in [0.5, 0.6) is 0 Å². The number of ether oxygens (including phenoxy) is 1. The normalized spacial score (nSPS) is 10.5. The van der Waals surface area contributed by atoms with Crippen molar-refractivity contribution in [2.24, 2.45) is 0 Å². The lowest BCUT2D eigenvalue weighted by Gasteiger charge is -2.18. The number of carbonyl (C=O) groups excluding carboxylic acids is 3. The van der Waals surface area contributed by atoms with Crippen LogP contribution in [0, 0.1) is 34.6 Å². The minimum atomic E-state index is -0.504. The molecule has 0 spiro atoms. The third-order valence-corrected chi connectivity index (χ3v) is 4.71. The number of aromatic nitrogens is 1. The number of hydrogen-bond acceptors (Lipinski definition) is 4. The van der Waals surface area contributed by atoms with E-state index in [2.05, 4.69) is 10.3 Å². The molecule has 1 heterocycles. The number of hydrogen-bond donors (Lipinski definition) is 2. The van der Waals surface area contributed by atoms with Gasteiger partial charge in [0.05, 0.1) is 19.2 Å². The summed E-state index contributed by atoms with van der Waals surface area (Å²) in [6, 6.07) is 3.99. The SMILES string of the molecule is COC(=O)c1c(C)[nH]c(C(=O)N(C)CC(=O)Nc2c(C)cc(C)cc2C)c1C. The van der Waals surface area contributed by atoms with Crippen molar-refractivity contribution in [1.29, 1.82) is 0 Å². The van der Waals surface area contributed by atoms with E-state index in [0.717, 1.165) is 22.4 Å². The number of nitrogens with one attached hydrogen (secondary N) is 2. The van der Waals surface area contributed by atoms with Gasteiger partial charge >= 0.3 is 5.97 Å². The number of rotatable bonds is 5. The summed E-state index contributed by atoms with van der Waals surface area (Å²) in [5.41, 5.74) is 5.50. The Balaban J connectivity index is 2.15. The Morgan fingerprint density at radius 1 is 1.07 bits per heavy atom. The third-order valence-electron chi connectivity index (χ3n) is 4.71. The zero-order valence-electron chi connectivity index (χ0n) is 17.4. The van der Waals surface area contributed by atoms with Crippen LogP contribution < -0.4 is 5.32 Å². The molecular formula is C21H27N3O4. The molecule has 0 aliphatic rings. The molecular weight excluding hydrogens is 358 g/mol. The van der Waals surface area contributed by atoms with E-state index in [1.54, 1.807) is 20.9 Å². The van der Waals surface area contributed by atoms with E-state index in [9.17, 15) is 14.4 Å². The Kier molecular flexibility index (Phi) is 6.28. The molecule has 150 valence electrons. The van der Waals surface area contributed by atoms with Crippen LogP contribution in [0.1, 0.15) is 48.8 Å². The number of anilines is 1. The zero-order chi connectivity index (χ0) is 21.2. The van der Waals surface area contributed by atoms with E-state index in [1.165, 1.54) is 12.0 Å². The highest BCUT2D eigenvalue weighted by Gasteiger charge is 2.25. The Hall–Kier alpha value is -3.09. The number of aromatic amines is 1. The highest BCUT2D eigenvalue weighted by atomic mass is 16.5. The van der Waals surface area contributed by atoms with Crippen molar-refractivity contribution in [1.82, 2.24) is 9.88 Å². The quantitative estimate of drug-likeness (QED) is 0.774. The van der Waals surface area contributed by atoms with Gasteiger partial charge in [-0.3, -0.25) is 9.59 Å². The highest BCUT2D eigenvalue weighted by Crippen LogP contribution is 2.22. The number of amides is 2. The van der Waals surface area contributed by atoms with Crippen LogP contribution in [0.15, 0.2) is 12.1 Å². The molecule has 7 nitrogen and oxygen atoms in total. The summed E-state index contributed by atoms with van der Waals surface area (Å²) in [6.07, 6.45) is 0. The Labute approximate surface area is 165 Å². The molecule has 2 N–H and O–H groups in total. The summed E-state index contributed by atoms with van der Waals surface area (Å²) < 4.78 is 4.77. The van der Waals surface area contributed by atoms with Gasteiger partial charge in [0, 0.05) is 18.4 Å². The molecule has 0 radical (unpaired) electrons. The second kappa shape index (κ2) is 8.29. The van der Waals surface area contributed by atoms with Crippen LogP contribution in [0.4, 0.5) is 5.69 Å². The fraction of sp³-hybridized carbons (Fsp3) is 0.381. The molecule has 2 aromatic rings. The van der Waals surface area contributed by atoms with Crippen molar-refractivity contribution in [2.75, 3.05) is 26.0 Å². The number of aryl methyl sites for hydroxylation is 4. The summed E-state index contributed by atoms with van der Waals surface area (Å²) in [7, 11) is 2.84. The molecule has 0 saturated heterocycles. The van der Waals surface area contributed by atoms with Gasteiger partial charge in [0.25, 0.3) is 5.91 Å². The van der Waals surface area contributed by atoms with Crippen LogP contribution >= 0.6 is 0 Å². The van der Waals surface area contributed by atoms with Gasteiger partial charge in [-0.25, -0.2) is 4.79 Å². The van der Waals surface area contributed by atoms with Crippen molar-refractivity contribution in [3.63, 3.8) is 0 Å². The largest absolute Gasteiger partial charge is 0.465 e. The first-order chi connectivity index (χ1) is 13.1. The average molecular weight is 385 g/mol. The Morgan fingerprint density at radius 3 is 2.18 bits per heavy atom. The lowest BCUT2D eigenvalue weighted by Crippen LogP contribution is -2.35. The van der Waals surface area contributed by atoms with Crippen molar-refractivity contribution in [3.05, 3.63) is 51.3 Å². The molecule has 7 heteroatoms. The first-order valence-corrected chi connectivity index (χ1v) is 8.97. The minimum Gasteiger partial charge on any atom is -0.465 e. The van der Waals surface area contributed by atoms with Crippen molar-refractivity contribution >= 4 is 23.5 Å². The van der Waals surface area contributed by atoms with E-state index in [0.29, 0.717) is 16.8 Å². The Morgan fingerprint density at radius 2 is 1.64 bits per heavy atom. The molecule has 0 aliphatic carbocycles. The van der Waals surface area contributed by atoms with Gasteiger partial charge in [-0.2, -0.15) is 0 Å². The van der Waals surface area contributed by atoms with Crippen LogP contribution in [-0.4, -0.2) is 48.4 Å². The van der Waals surface area contributed by atoms with Crippen LogP contribution in [-0.2, 0) is 9.53 Å². The molecule has 28 heavy (non-hydrogen) atoms. The molecule has 2 rings (SSSR count). The molecule has 0 saturated carbocycles. The number of benzene rings is 1. The fourth-order valence-electron chi connectivity index (χ4n) is 3.41. The van der Waals surface area contributed by atoms with Gasteiger partial charge in [-0.05, 0) is 51.3 Å². The maximum Gasteiger partial charge on any atom is 0.339 e. The summed E-state index contributed by atoms with van der Waals surface area (Å²) >= 11 is 0. The van der Waals surface area contributed by atoms with E-state index in [1.807, 2.05) is 32.9 Å². The number of likely N-dealkylation sites (N-methyl/N-ethyl adjacent to an activating group) is 1. The number of nitrogens with zero attached hydrogens (tertiary/aromatic N) is 1. The number of methoxy groups -OCH3 is 1. The number of esters is 1. The number of carbonyl (C=O) groups is 3. The lowest BCUT2D eigenvalue weighted by atomic mass is 10.1. The molecule has 2 amide bonds. The second-order valence-corrected chi connectivity index (χ2v) is 7.10. The van der Waals surface area contributed by atoms with E-state index in [4.69, 9.17) is 4.74 Å². The standard InChI is InChI=1S/C21H27N3O4/c1-11-8-12(2)18(13(3)9-11)23-16(25)10-24(6)20(26)19-14(4)17(15(5)22-19)21(27)28-7/h8-9,22H,10H2,1-7H3,(H,23,25). The summed E-state index contributed by atoms with van der Waals surface area (Å²) in [4.78, 5) is 41.4. The molecule has 0 bridgehead atoms. The van der Waals surface area contributed by atoms with Gasteiger partial charge in [0.15, 0.2) is 0 Å². The van der Waals surface area contributed by atoms with E-state index < -0.39 is 5.97 Å². The predicted molar refractivity (Wildman–Crippen MR) is 108 cm³/mol.